The van der Waals surface area contributed by atoms with Gasteiger partial charge < -0.3 is 4.98 Å². The Labute approximate surface area is 134 Å². The molecule has 22 heavy (non-hydrogen) atoms. The Morgan fingerprint density at radius 1 is 1.36 bits per heavy atom. The lowest BCUT2D eigenvalue weighted by Gasteiger charge is -2.28. The molecule has 0 saturated heterocycles. The van der Waals surface area contributed by atoms with Crippen LogP contribution in [0.1, 0.15) is 57.4 Å². The number of H-pyrrole nitrogens is 1. The van der Waals surface area contributed by atoms with Crippen LogP contribution in [0.5, 0.6) is 0 Å². The number of aromatic amines is 1. The summed E-state index contributed by atoms with van der Waals surface area (Å²) in [5, 5.41) is 1.38. The Hall–Kier alpha value is -1.76. The van der Waals surface area contributed by atoms with Gasteiger partial charge >= 0.3 is 0 Å². The molecule has 1 atom stereocenters. The summed E-state index contributed by atoms with van der Waals surface area (Å²) < 4.78 is 0. The van der Waals surface area contributed by atoms with Crippen molar-refractivity contribution in [3.05, 3.63) is 47.7 Å². The van der Waals surface area contributed by atoms with Gasteiger partial charge in [0.05, 0.1) is 0 Å². The first-order valence-electron chi connectivity index (χ1n) is 8.51. The molecule has 1 aromatic heterocycles. The highest BCUT2D eigenvalue weighted by molar-refractivity contribution is 6.01. The van der Waals surface area contributed by atoms with Gasteiger partial charge in [-0.15, -0.1) is 0 Å². The van der Waals surface area contributed by atoms with Crippen LogP contribution in [0.4, 0.5) is 0 Å². The summed E-state index contributed by atoms with van der Waals surface area (Å²) in [5.74, 6) is 1.46. The zero-order valence-corrected chi connectivity index (χ0v) is 14.3. The average Bonchev–Trinajstić information content (AvgIpc) is 2.85. The van der Waals surface area contributed by atoms with Crippen molar-refractivity contribution in [3.8, 4) is 0 Å². The molecule has 0 radical (unpaired) electrons. The molecule has 1 heterocycles. The summed E-state index contributed by atoms with van der Waals surface area (Å²) in [7, 11) is 0. The molecule has 0 aliphatic heterocycles. The van der Waals surface area contributed by atoms with Gasteiger partial charge in [-0.3, -0.25) is 0 Å². The van der Waals surface area contributed by atoms with E-state index in [1.807, 2.05) is 0 Å². The van der Waals surface area contributed by atoms with E-state index < -0.39 is 0 Å². The van der Waals surface area contributed by atoms with Crippen molar-refractivity contribution in [1.29, 1.82) is 0 Å². The van der Waals surface area contributed by atoms with E-state index in [9.17, 15) is 0 Å². The molecule has 2 aromatic rings. The number of allylic oxidation sites excluding steroid dienone is 3. The van der Waals surface area contributed by atoms with Gasteiger partial charge in [0.25, 0.3) is 0 Å². The Kier molecular flexibility index (Phi) is 3.99. The number of hydrogen-bond donors (Lipinski definition) is 1. The minimum absolute atomic E-state index is 0.723. The summed E-state index contributed by atoms with van der Waals surface area (Å²) >= 11 is 0. The highest BCUT2D eigenvalue weighted by Crippen LogP contribution is 2.43. The van der Waals surface area contributed by atoms with E-state index in [0.29, 0.717) is 0 Å². The molecule has 0 fully saturated rings. The fourth-order valence-electron chi connectivity index (χ4n) is 3.79. The van der Waals surface area contributed by atoms with Crippen molar-refractivity contribution in [2.24, 2.45) is 11.8 Å². The van der Waals surface area contributed by atoms with Crippen LogP contribution in [0.3, 0.4) is 0 Å². The summed E-state index contributed by atoms with van der Waals surface area (Å²) in [4.78, 5) is 3.70. The Morgan fingerprint density at radius 3 is 2.77 bits per heavy atom. The smallest absolute Gasteiger partial charge is 0.0468 e. The standard InChI is InChI=1S/C21H27N/c1-6-8-15-11-16(13(2)3)12-19-20(15)21-17(14(4)5)9-7-10-18(21)22-19/h7-10,13,16,22H,4,6,11-12H2,1-3,5H3/b15-8-. The Balaban J connectivity index is 2.27. The second-order valence-electron chi connectivity index (χ2n) is 7.04. The molecule has 1 aliphatic carbocycles. The quantitative estimate of drug-likeness (QED) is 0.692. The third-order valence-electron chi connectivity index (χ3n) is 5.02. The fraction of sp³-hybridized carbons (Fsp3) is 0.429. The Morgan fingerprint density at radius 2 is 2.14 bits per heavy atom. The number of aromatic nitrogens is 1. The van der Waals surface area contributed by atoms with E-state index in [0.717, 1.165) is 23.8 Å². The molecule has 1 unspecified atom stereocenters. The number of hydrogen-bond acceptors (Lipinski definition) is 0. The van der Waals surface area contributed by atoms with Crippen molar-refractivity contribution in [2.45, 2.75) is 47.0 Å². The third kappa shape index (κ3) is 2.43. The predicted molar refractivity (Wildman–Crippen MR) is 97.9 cm³/mol. The number of benzene rings is 1. The zero-order chi connectivity index (χ0) is 15.9. The molecule has 1 aromatic carbocycles. The first kappa shape index (κ1) is 15.1. The maximum absolute atomic E-state index is 4.18. The first-order valence-corrected chi connectivity index (χ1v) is 8.51. The van der Waals surface area contributed by atoms with E-state index in [1.165, 1.54) is 46.1 Å². The van der Waals surface area contributed by atoms with Crippen LogP contribution in [0.2, 0.25) is 0 Å². The van der Waals surface area contributed by atoms with Crippen molar-refractivity contribution >= 4 is 22.0 Å². The van der Waals surface area contributed by atoms with Gasteiger partial charge in [0.15, 0.2) is 0 Å². The van der Waals surface area contributed by atoms with Crippen LogP contribution in [0.15, 0.2) is 30.9 Å². The summed E-state index contributed by atoms with van der Waals surface area (Å²) in [6.07, 6.45) is 5.89. The van der Waals surface area contributed by atoms with Gasteiger partial charge in [-0.1, -0.05) is 51.1 Å². The first-order chi connectivity index (χ1) is 10.5. The van der Waals surface area contributed by atoms with E-state index in [2.05, 4.69) is 63.5 Å². The molecule has 1 heteroatoms. The molecule has 0 bridgehead atoms. The van der Waals surface area contributed by atoms with Crippen LogP contribution in [-0.4, -0.2) is 4.98 Å². The molecule has 0 saturated carbocycles. The van der Waals surface area contributed by atoms with Gasteiger partial charge in [0, 0.05) is 22.2 Å². The summed E-state index contributed by atoms with van der Waals surface area (Å²) in [5.41, 5.74) is 8.12. The topological polar surface area (TPSA) is 15.8 Å². The summed E-state index contributed by atoms with van der Waals surface area (Å²) in [6, 6.07) is 6.54. The lowest BCUT2D eigenvalue weighted by Crippen LogP contribution is -2.18. The van der Waals surface area contributed by atoms with Crippen LogP contribution in [-0.2, 0) is 6.42 Å². The number of fused-ring (bicyclic) bond motifs is 3. The largest absolute Gasteiger partial charge is 0.358 e. The van der Waals surface area contributed by atoms with Crippen molar-refractivity contribution < 1.29 is 0 Å². The molecule has 1 nitrogen and oxygen atoms in total. The van der Waals surface area contributed by atoms with Gasteiger partial charge in [-0.05, 0) is 55.2 Å². The van der Waals surface area contributed by atoms with Crippen LogP contribution in [0.25, 0.3) is 22.0 Å². The van der Waals surface area contributed by atoms with Crippen molar-refractivity contribution in [1.82, 2.24) is 4.98 Å². The summed E-state index contributed by atoms with van der Waals surface area (Å²) in [6.45, 7) is 13.2. The highest BCUT2D eigenvalue weighted by Gasteiger charge is 2.28. The SMILES string of the molecule is C=C(C)c1cccc2[nH]c3c(c12)/C(=C\CC)CC(C(C)C)C3. The zero-order valence-electron chi connectivity index (χ0n) is 14.3. The normalized spacial score (nSPS) is 19.9. The van der Waals surface area contributed by atoms with Crippen LogP contribution < -0.4 is 0 Å². The molecule has 1 N–H and O–H groups in total. The molecule has 0 amide bonds. The van der Waals surface area contributed by atoms with E-state index in [-0.39, 0.29) is 0 Å². The van der Waals surface area contributed by atoms with E-state index in [1.54, 1.807) is 0 Å². The highest BCUT2D eigenvalue weighted by atomic mass is 14.7. The van der Waals surface area contributed by atoms with Gasteiger partial charge in [0.1, 0.15) is 0 Å². The monoisotopic (exact) mass is 293 g/mol. The van der Waals surface area contributed by atoms with Crippen molar-refractivity contribution in [3.63, 3.8) is 0 Å². The lowest BCUT2D eigenvalue weighted by atomic mass is 9.77. The van der Waals surface area contributed by atoms with Crippen LogP contribution >= 0.6 is 0 Å². The predicted octanol–water partition coefficient (Wildman–Crippen LogP) is 6.21. The molecule has 0 spiro atoms. The molecular formula is C21H27N. The molecule has 116 valence electrons. The van der Waals surface area contributed by atoms with Gasteiger partial charge in [-0.25, -0.2) is 0 Å². The van der Waals surface area contributed by atoms with E-state index >= 15 is 0 Å². The molecular weight excluding hydrogens is 266 g/mol. The van der Waals surface area contributed by atoms with Gasteiger partial charge in [-0.2, -0.15) is 0 Å². The third-order valence-corrected chi connectivity index (χ3v) is 5.02. The fourth-order valence-corrected chi connectivity index (χ4v) is 3.79. The second-order valence-corrected chi connectivity index (χ2v) is 7.04. The maximum Gasteiger partial charge on any atom is 0.0468 e. The molecule has 1 aliphatic rings. The second kappa shape index (κ2) is 5.79. The van der Waals surface area contributed by atoms with Crippen LogP contribution in [0, 0.1) is 11.8 Å². The lowest BCUT2D eigenvalue weighted by molar-refractivity contribution is 0.380. The van der Waals surface area contributed by atoms with E-state index in [4.69, 9.17) is 0 Å². The minimum Gasteiger partial charge on any atom is -0.358 e. The maximum atomic E-state index is 4.18. The molecule has 3 rings (SSSR count). The average molecular weight is 293 g/mol. The van der Waals surface area contributed by atoms with Gasteiger partial charge in [0.2, 0.25) is 0 Å². The number of nitrogens with one attached hydrogen (secondary N) is 1. The minimum atomic E-state index is 0.723. The number of rotatable bonds is 3. The van der Waals surface area contributed by atoms with Crippen molar-refractivity contribution in [2.75, 3.05) is 0 Å². The Bertz CT molecular complexity index is 743.